The zero-order valence-corrected chi connectivity index (χ0v) is 21.6. The molecule has 0 heterocycles. The van der Waals surface area contributed by atoms with Gasteiger partial charge in [0.2, 0.25) is 0 Å². The molecular weight excluding hydrogens is 362 g/mol. The Morgan fingerprint density at radius 1 is 0.667 bits per heavy atom. The number of rotatable bonds is 14. The highest BCUT2D eigenvalue weighted by Gasteiger charge is 2.14. The summed E-state index contributed by atoms with van der Waals surface area (Å²) in [6, 6.07) is 10.9. The van der Waals surface area contributed by atoms with Gasteiger partial charge in [-0.2, -0.15) is 0 Å². The second kappa shape index (κ2) is 23.9. The van der Waals surface area contributed by atoms with Crippen LogP contribution in [0, 0.1) is 0 Å². The highest BCUT2D eigenvalue weighted by atomic mass is 15.3. The first-order valence-corrected chi connectivity index (χ1v) is 12.7. The Bertz CT molecular complexity index is 474. The van der Waals surface area contributed by atoms with E-state index in [-0.39, 0.29) is 0 Å². The smallest absolute Gasteiger partial charge is 0.104 e. The third-order valence-corrected chi connectivity index (χ3v) is 5.07. The molecule has 1 aromatic carbocycles. The standard InChI is InChI=1S/C21H38N.C6H10.C2H6/c1-4-5-6-7-8-9-10-11-12-16-19-22(2,3)20-21-17-14-13-15-18-21;1-3-5-6-4-2;1-2/h13-15,17-18H,4-12,16,19-20H2,1-3H3;3-6H,1-2H3;1-2H3/q+1;;/b;5-3+,6-4+;. The first-order chi connectivity index (χ1) is 14.6. The van der Waals surface area contributed by atoms with Crippen molar-refractivity contribution in [2.45, 2.75) is 105 Å². The van der Waals surface area contributed by atoms with Crippen molar-refractivity contribution in [2.24, 2.45) is 0 Å². The molecule has 0 atom stereocenters. The SMILES string of the molecule is C/C=C/C=C/C.CC.CCCCCCCCCCCC[N+](C)(C)Cc1ccccc1. The maximum atomic E-state index is 2.36. The Morgan fingerprint density at radius 3 is 1.53 bits per heavy atom. The van der Waals surface area contributed by atoms with E-state index in [4.69, 9.17) is 0 Å². The summed E-state index contributed by atoms with van der Waals surface area (Å²) in [5, 5.41) is 0. The average Bonchev–Trinajstić information content (AvgIpc) is 2.76. The molecule has 1 rings (SSSR count). The highest BCUT2D eigenvalue weighted by molar-refractivity contribution is 5.13. The minimum atomic E-state index is 1.11. The van der Waals surface area contributed by atoms with Crippen molar-refractivity contribution in [1.29, 1.82) is 0 Å². The summed E-state index contributed by atoms with van der Waals surface area (Å²) in [7, 11) is 4.72. The second-order valence-electron chi connectivity index (χ2n) is 8.54. The molecule has 0 saturated carbocycles. The lowest BCUT2D eigenvalue weighted by molar-refractivity contribution is -0.903. The summed E-state index contributed by atoms with van der Waals surface area (Å²) in [6.07, 6.45) is 22.2. The van der Waals surface area contributed by atoms with Gasteiger partial charge in [0.1, 0.15) is 6.54 Å². The van der Waals surface area contributed by atoms with Crippen LogP contribution in [-0.4, -0.2) is 25.1 Å². The lowest BCUT2D eigenvalue weighted by Crippen LogP contribution is -2.39. The van der Waals surface area contributed by atoms with Crippen LogP contribution in [0.3, 0.4) is 0 Å². The van der Waals surface area contributed by atoms with Crippen LogP contribution in [0.25, 0.3) is 0 Å². The van der Waals surface area contributed by atoms with E-state index in [1.165, 1.54) is 76.3 Å². The van der Waals surface area contributed by atoms with Crippen molar-refractivity contribution >= 4 is 0 Å². The van der Waals surface area contributed by atoms with Crippen LogP contribution in [-0.2, 0) is 6.54 Å². The first-order valence-electron chi connectivity index (χ1n) is 12.7. The van der Waals surface area contributed by atoms with Crippen molar-refractivity contribution < 1.29 is 4.48 Å². The van der Waals surface area contributed by atoms with Gasteiger partial charge in [-0.25, -0.2) is 0 Å². The molecule has 0 aromatic heterocycles. The molecule has 0 N–H and O–H groups in total. The minimum Gasteiger partial charge on any atom is -0.325 e. The largest absolute Gasteiger partial charge is 0.325 e. The van der Waals surface area contributed by atoms with E-state index in [1.54, 1.807) is 0 Å². The third-order valence-electron chi connectivity index (χ3n) is 5.07. The molecule has 0 radical (unpaired) electrons. The van der Waals surface area contributed by atoms with Crippen molar-refractivity contribution in [2.75, 3.05) is 20.6 Å². The Kier molecular flexibility index (Phi) is 24.6. The molecule has 174 valence electrons. The number of unbranched alkanes of at least 4 members (excludes halogenated alkanes) is 9. The fraction of sp³-hybridized carbons (Fsp3) is 0.655. The van der Waals surface area contributed by atoms with Gasteiger partial charge in [0.25, 0.3) is 0 Å². The monoisotopic (exact) mass is 416 g/mol. The number of nitrogens with zero attached hydrogens (tertiary/aromatic N) is 1. The molecule has 1 aromatic rings. The van der Waals surface area contributed by atoms with Gasteiger partial charge in [-0.15, -0.1) is 0 Å². The molecule has 0 aliphatic heterocycles. The number of quaternary nitrogens is 1. The minimum absolute atomic E-state index is 1.11. The number of hydrogen-bond acceptors (Lipinski definition) is 0. The van der Waals surface area contributed by atoms with E-state index in [2.05, 4.69) is 51.4 Å². The first kappa shape index (κ1) is 30.9. The van der Waals surface area contributed by atoms with Crippen LogP contribution >= 0.6 is 0 Å². The van der Waals surface area contributed by atoms with Crippen LogP contribution in [0.4, 0.5) is 0 Å². The molecule has 0 bridgehead atoms. The number of allylic oxidation sites excluding steroid dienone is 4. The second-order valence-corrected chi connectivity index (χ2v) is 8.54. The molecule has 0 unspecified atom stereocenters. The summed E-state index contributed by atoms with van der Waals surface area (Å²) < 4.78 is 1.11. The van der Waals surface area contributed by atoms with Crippen LogP contribution in [0.15, 0.2) is 54.6 Å². The predicted molar refractivity (Wildman–Crippen MR) is 140 cm³/mol. The van der Waals surface area contributed by atoms with Gasteiger partial charge in [0, 0.05) is 5.56 Å². The van der Waals surface area contributed by atoms with Crippen molar-refractivity contribution in [3.63, 3.8) is 0 Å². The third kappa shape index (κ3) is 22.9. The molecule has 0 aliphatic rings. The molecule has 30 heavy (non-hydrogen) atoms. The van der Waals surface area contributed by atoms with Crippen LogP contribution in [0.5, 0.6) is 0 Å². The maximum Gasteiger partial charge on any atom is 0.104 e. The van der Waals surface area contributed by atoms with Gasteiger partial charge in [0.15, 0.2) is 0 Å². The lowest BCUT2D eigenvalue weighted by Gasteiger charge is -2.30. The normalized spacial score (nSPS) is 11.2. The molecule has 0 amide bonds. The summed E-state index contributed by atoms with van der Waals surface area (Å²) >= 11 is 0. The zero-order valence-electron chi connectivity index (χ0n) is 21.6. The van der Waals surface area contributed by atoms with Gasteiger partial charge in [-0.05, 0) is 26.7 Å². The number of benzene rings is 1. The van der Waals surface area contributed by atoms with Gasteiger partial charge in [-0.1, -0.05) is 127 Å². The topological polar surface area (TPSA) is 0 Å². The van der Waals surface area contributed by atoms with Gasteiger partial charge >= 0.3 is 0 Å². The summed E-state index contributed by atoms with van der Waals surface area (Å²) in [6.45, 7) is 12.7. The summed E-state index contributed by atoms with van der Waals surface area (Å²) in [4.78, 5) is 0. The fourth-order valence-electron chi connectivity index (χ4n) is 3.41. The molecule has 1 heteroatoms. The quantitative estimate of drug-likeness (QED) is 0.161. The molecule has 0 saturated heterocycles. The van der Waals surface area contributed by atoms with E-state index in [9.17, 15) is 0 Å². The van der Waals surface area contributed by atoms with Crippen molar-refractivity contribution in [1.82, 2.24) is 0 Å². The van der Waals surface area contributed by atoms with Gasteiger partial charge in [0.05, 0.1) is 20.6 Å². The number of hydrogen-bond donors (Lipinski definition) is 0. The molecule has 0 fully saturated rings. The van der Waals surface area contributed by atoms with E-state index in [0.717, 1.165) is 11.0 Å². The van der Waals surface area contributed by atoms with Crippen molar-refractivity contribution in [3.05, 3.63) is 60.2 Å². The molecule has 0 aliphatic carbocycles. The van der Waals surface area contributed by atoms with Crippen LogP contribution in [0.2, 0.25) is 0 Å². The average molecular weight is 417 g/mol. The molecular formula is C29H54N+. The predicted octanol–water partition coefficient (Wildman–Crippen LogP) is 9.35. The fourth-order valence-corrected chi connectivity index (χ4v) is 3.41. The maximum absolute atomic E-state index is 2.36. The van der Waals surface area contributed by atoms with Gasteiger partial charge in [-0.3, -0.25) is 0 Å². The Hall–Kier alpha value is -1.34. The highest BCUT2D eigenvalue weighted by Crippen LogP contribution is 2.13. The summed E-state index contributed by atoms with van der Waals surface area (Å²) in [5.41, 5.74) is 1.46. The van der Waals surface area contributed by atoms with E-state index in [1.807, 2.05) is 52.0 Å². The van der Waals surface area contributed by atoms with Crippen LogP contribution < -0.4 is 0 Å². The van der Waals surface area contributed by atoms with E-state index < -0.39 is 0 Å². The molecule has 1 nitrogen and oxygen atoms in total. The summed E-state index contributed by atoms with van der Waals surface area (Å²) in [5.74, 6) is 0. The van der Waals surface area contributed by atoms with E-state index >= 15 is 0 Å². The lowest BCUT2D eigenvalue weighted by atomic mass is 10.1. The van der Waals surface area contributed by atoms with Gasteiger partial charge < -0.3 is 4.48 Å². The Morgan fingerprint density at radius 2 is 1.10 bits per heavy atom. The zero-order chi connectivity index (χ0) is 22.9. The Balaban J connectivity index is 0. The van der Waals surface area contributed by atoms with E-state index in [0.29, 0.717) is 0 Å². The Labute approximate surface area is 190 Å². The molecule has 0 spiro atoms. The van der Waals surface area contributed by atoms with Crippen LogP contribution in [0.1, 0.15) is 104 Å². The van der Waals surface area contributed by atoms with Crippen molar-refractivity contribution in [3.8, 4) is 0 Å².